The van der Waals surface area contributed by atoms with E-state index in [9.17, 15) is 0 Å². The monoisotopic (exact) mass is 233 g/mol. The first-order chi connectivity index (χ1) is 7.77. The van der Waals surface area contributed by atoms with Crippen molar-refractivity contribution in [1.29, 1.82) is 0 Å². The van der Waals surface area contributed by atoms with Crippen LogP contribution in [0.3, 0.4) is 0 Å². The SMILES string of the molecule is Cc1ncsc1CN[C@H](C)c1ccccn1. The highest BCUT2D eigenvalue weighted by Crippen LogP contribution is 2.14. The lowest BCUT2D eigenvalue weighted by atomic mass is 10.2. The summed E-state index contributed by atoms with van der Waals surface area (Å²) in [5.41, 5.74) is 4.08. The summed E-state index contributed by atoms with van der Waals surface area (Å²) >= 11 is 1.69. The Morgan fingerprint density at radius 1 is 1.38 bits per heavy atom. The normalized spacial score (nSPS) is 12.6. The van der Waals surface area contributed by atoms with Gasteiger partial charge in [0, 0.05) is 23.7 Å². The van der Waals surface area contributed by atoms with Crippen LogP contribution in [0.5, 0.6) is 0 Å². The second kappa shape index (κ2) is 5.18. The second-order valence-electron chi connectivity index (χ2n) is 3.72. The molecule has 0 aliphatic carbocycles. The Hall–Kier alpha value is -1.26. The first-order valence-electron chi connectivity index (χ1n) is 5.30. The van der Waals surface area contributed by atoms with Crippen molar-refractivity contribution in [3.05, 3.63) is 46.2 Å². The number of rotatable bonds is 4. The summed E-state index contributed by atoms with van der Waals surface area (Å²) in [4.78, 5) is 9.85. The van der Waals surface area contributed by atoms with Crippen LogP contribution in [0.4, 0.5) is 0 Å². The van der Waals surface area contributed by atoms with Gasteiger partial charge >= 0.3 is 0 Å². The Morgan fingerprint density at radius 3 is 2.88 bits per heavy atom. The van der Waals surface area contributed by atoms with Gasteiger partial charge < -0.3 is 5.32 Å². The lowest BCUT2D eigenvalue weighted by Crippen LogP contribution is -2.18. The van der Waals surface area contributed by atoms with Crippen molar-refractivity contribution in [1.82, 2.24) is 15.3 Å². The van der Waals surface area contributed by atoms with Crippen LogP contribution in [0, 0.1) is 6.92 Å². The molecule has 0 saturated carbocycles. The molecule has 3 nitrogen and oxygen atoms in total. The number of hydrogen-bond acceptors (Lipinski definition) is 4. The van der Waals surface area contributed by atoms with Gasteiger partial charge in [0.15, 0.2) is 0 Å². The Balaban J connectivity index is 1.94. The molecule has 0 aliphatic rings. The van der Waals surface area contributed by atoms with E-state index in [1.54, 1.807) is 11.3 Å². The van der Waals surface area contributed by atoms with E-state index >= 15 is 0 Å². The average molecular weight is 233 g/mol. The van der Waals surface area contributed by atoms with Crippen molar-refractivity contribution >= 4 is 11.3 Å². The third-order valence-corrected chi connectivity index (χ3v) is 3.48. The predicted molar refractivity (Wildman–Crippen MR) is 66.3 cm³/mol. The number of aromatic nitrogens is 2. The Kier molecular flexibility index (Phi) is 3.64. The number of aryl methyl sites for hydroxylation is 1. The van der Waals surface area contributed by atoms with Crippen LogP contribution in [0.25, 0.3) is 0 Å². The number of nitrogens with one attached hydrogen (secondary N) is 1. The summed E-state index contributed by atoms with van der Waals surface area (Å²) in [5, 5.41) is 3.45. The Morgan fingerprint density at radius 2 is 2.25 bits per heavy atom. The van der Waals surface area contributed by atoms with Crippen LogP contribution in [0.1, 0.15) is 29.2 Å². The van der Waals surface area contributed by atoms with Crippen LogP contribution in [-0.4, -0.2) is 9.97 Å². The van der Waals surface area contributed by atoms with Crippen molar-refractivity contribution in [2.45, 2.75) is 26.4 Å². The molecular formula is C12H15N3S. The van der Waals surface area contributed by atoms with Crippen molar-refractivity contribution in [2.24, 2.45) is 0 Å². The summed E-state index contributed by atoms with van der Waals surface area (Å²) in [6.45, 7) is 5.02. The molecule has 1 N–H and O–H groups in total. The van der Waals surface area contributed by atoms with Gasteiger partial charge in [-0.05, 0) is 26.0 Å². The van der Waals surface area contributed by atoms with E-state index in [1.165, 1.54) is 4.88 Å². The van der Waals surface area contributed by atoms with E-state index in [4.69, 9.17) is 0 Å². The maximum absolute atomic E-state index is 4.33. The van der Waals surface area contributed by atoms with Crippen LogP contribution < -0.4 is 5.32 Å². The van der Waals surface area contributed by atoms with E-state index in [-0.39, 0.29) is 6.04 Å². The van der Waals surface area contributed by atoms with Crippen molar-refractivity contribution in [3.8, 4) is 0 Å². The summed E-state index contributed by atoms with van der Waals surface area (Å²) in [7, 11) is 0. The molecule has 84 valence electrons. The quantitative estimate of drug-likeness (QED) is 0.882. The standard InChI is InChI=1S/C12H15N3S/c1-9(11-5-3-4-6-13-11)14-7-12-10(2)15-8-16-12/h3-6,8-9,14H,7H2,1-2H3/t9-/m1/s1. The minimum absolute atomic E-state index is 0.266. The van der Waals surface area contributed by atoms with Crippen molar-refractivity contribution in [3.63, 3.8) is 0 Å². The highest BCUT2D eigenvalue weighted by atomic mass is 32.1. The number of hydrogen-bond donors (Lipinski definition) is 1. The number of nitrogens with zero attached hydrogens (tertiary/aromatic N) is 2. The Labute approximate surface area is 99.6 Å². The van der Waals surface area contributed by atoms with Crippen LogP contribution in [0.15, 0.2) is 29.9 Å². The van der Waals surface area contributed by atoms with Crippen LogP contribution >= 0.6 is 11.3 Å². The summed E-state index contributed by atoms with van der Waals surface area (Å²) in [5.74, 6) is 0. The zero-order valence-electron chi connectivity index (χ0n) is 9.47. The molecule has 0 aliphatic heterocycles. The minimum atomic E-state index is 0.266. The minimum Gasteiger partial charge on any atom is -0.304 e. The molecule has 0 amide bonds. The van der Waals surface area contributed by atoms with Gasteiger partial charge in [-0.1, -0.05) is 6.07 Å². The smallest absolute Gasteiger partial charge is 0.0798 e. The van der Waals surface area contributed by atoms with E-state index in [2.05, 4.69) is 22.2 Å². The third-order valence-electron chi connectivity index (χ3n) is 2.55. The first-order valence-corrected chi connectivity index (χ1v) is 6.18. The first kappa shape index (κ1) is 11.2. The molecule has 1 atom stereocenters. The van der Waals surface area contributed by atoms with Crippen LogP contribution in [-0.2, 0) is 6.54 Å². The molecule has 0 unspecified atom stereocenters. The van der Waals surface area contributed by atoms with E-state index in [0.29, 0.717) is 0 Å². The van der Waals surface area contributed by atoms with Crippen LogP contribution in [0.2, 0.25) is 0 Å². The highest BCUT2D eigenvalue weighted by molar-refractivity contribution is 7.09. The van der Waals surface area contributed by atoms with Gasteiger partial charge in [-0.25, -0.2) is 4.98 Å². The zero-order chi connectivity index (χ0) is 11.4. The summed E-state index contributed by atoms with van der Waals surface area (Å²) < 4.78 is 0. The fourth-order valence-electron chi connectivity index (χ4n) is 1.48. The lowest BCUT2D eigenvalue weighted by Gasteiger charge is -2.12. The van der Waals surface area contributed by atoms with Gasteiger partial charge in [-0.2, -0.15) is 0 Å². The maximum Gasteiger partial charge on any atom is 0.0798 e. The number of pyridine rings is 1. The maximum atomic E-state index is 4.33. The fourth-order valence-corrected chi connectivity index (χ4v) is 2.21. The zero-order valence-corrected chi connectivity index (χ0v) is 10.3. The van der Waals surface area contributed by atoms with Gasteiger partial charge in [0.25, 0.3) is 0 Å². The van der Waals surface area contributed by atoms with Crippen molar-refractivity contribution < 1.29 is 0 Å². The fraction of sp³-hybridized carbons (Fsp3) is 0.333. The Bertz CT molecular complexity index is 439. The molecule has 0 bridgehead atoms. The van der Waals surface area contributed by atoms with E-state index in [1.807, 2.05) is 36.8 Å². The number of thiazole rings is 1. The third kappa shape index (κ3) is 2.65. The van der Waals surface area contributed by atoms with Gasteiger partial charge in [0.2, 0.25) is 0 Å². The van der Waals surface area contributed by atoms with Gasteiger partial charge in [-0.3, -0.25) is 4.98 Å². The molecule has 4 heteroatoms. The highest BCUT2D eigenvalue weighted by Gasteiger charge is 2.07. The van der Waals surface area contributed by atoms with E-state index < -0.39 is 0 Å². The van der Waals surface area contributed by atoms with Gasteiger partial charge in [-0.15, -0.1) is 11.3 Å². The summed E-state index contributed by atoms with van der Waals surface area (Å²) in [6, 6.07) is 6.25. The lowest BCUT2D eigenvalue weighted by molar-refractivity contribution is 0.564. The molecule has 16 heavy (non-hydrogen) atoms. The second-order valence-corrected chi connectivity index (χ2v) is 4.66. The topological polar surface area (TPSA) is 37.8 Å². The molecule has 0 fully saturated rings. The molecule has 2 heterocycles. The molecule has 0 radical (unpaired) electrons. The van der Waals surface area contributed by atoms with E-state index in [0.717, 1.165) is 17.9 Å². The molecular weight excluding hydrogens is 218 g/mol. The predicted octanol–water partition coefficient (Wildman–Crippen LogP) is 2.70. The summed E-state index contributed by atoms with van der Waals surface area (Å²) in [6.07, 6.45) is 1.82. The molecule has 2 aromatic heterocycles. The van der Waals surface area contributed by atoms with Crippen molar-refractivity contribution in [2.75, 3.05) is 0 Å². The molecule has 0 aromatic carbocycles. The molecule has 0 saturated heterocycles. The molecule has 2 rings (SSSR count). The van der Waals surface area contributed by atoms with Gasteiger partial charge in [0.1, 0.15) is 0 Å². The molecule has 2 aromatic rings. The average Bonchev–Trinajstić information content (AvgIpc) is 2.73. The largest absolute Gasteiger partial charge is 0.304 e. The van der Waals surface area contributed by atoms with Gasteiger partial charge in [0.05, 0.1) is 16.9 Å². The molecule has 0 spiro atoms.